The molecule has 1 saturated carbocycles. The number of carbonyl (C=O) groups excluding carboxylic acids is 1. The van der Waals surface area contributed by atoms with E-state index in [4.69, 9.17) is 0 Å². The first-order valence-corrected chi connectivity index (χ1v) is 9.25. The van der Waals surface area contributed by atoms with Gasteiger partial charge in [-0.3, -0.25) is 9.48 Å². The van der Waals surface area contributed by atoms with Gasteiger partial charge < -0.3 is 4.90 Å². The summed E-state index contributed by atoms with van der Waals surface area (Å²) in [6.45, 7) is 2.40. The van der Waals surface area contributed by atoms with E-state index in [0.717, 1.165) is 38.2 Å². The second-order valence-corrected chi connectivity index (χ2v) is 7.24. The van der Waals surface area contributed by atoms with Gasteiger partial charge in [0.1, 0.15) is 0 Å². The minimum Gasteiger partial charge on any atom is -0.338 e. The Morgan fingerprint density at radius 2 is 2.04 bits per heavy atom. The van der Waals surface area contributed by atoms with Gasteiger partial charge in [0.2, 0.25) is 0 Å². The van der Waals surface area contributed by atoms with Gasteiger partial charge in [-0.1, -0.05) is 18.1 Å². The maximum absolute atomic E-state index is 12.6. The van der Waals surface area contributed by atoms with Crippen molar-refractivity contribution in [1.82, 2.24) is 30.1 Å². The second kappa shape index (κ2) is 7.29. The molecule has 0 N–H and O–H groups in total. The van der Waals surface area contributed by atoms with E-state index >= 15 is 0 Å². The lowest BCUT2D eigenvalue weighted by Crippen LogP contribution is -2.41. The van der Waals surface area contributed by atoms with Gasteiger partial charge in [-0.05, 0) is 37.7 Å². The van der Waals surface area contributed by atoms with E-state index in [1.807, 2.05) is 9.58 Å². The highest BCUT2D eigenvalue weighted by Crippen LogP contribution is 2.32. The number of carbonyl (C=O) groups is 1. The van der Waals surface area contributed by atoms with Gasteiger partial charge in [-0.2, -0.15) is 10.2 Å². The van der Waals surface area contributed by atoms with Gasteiger partial charge in [-0.15, -0.1) is 5.10 Å². The van der Waals surface area contributed by atoms with E-state index in [1.165, 1.54) is 31.9 Å². The van der Waals surface area contributed by atoms with Crippen LogP contribution in [0.5, 0.6) is 0 Å². The van der Waals surface area contributed by atoms with Crippen molar-refractivity contribution in [2.75, 3.05) is 13.1 Å². The largest absolute Gasteiger partial charge is 0.338 e. The Morgan fingerprint density at radius 3 is 2.84 bits per heavy atom. The van der Waals surface area contributed by atoms with E-state index < -0.39 is 0 Å². The normalized spacial score (nSPS) is 21.6. The van der Waals surface area contributed by atoms with Gasteiger partial charge in [0.05, 0.1) is 23.7 Å². The minimum atomic E-state index is 0.0461. The van der Waals surface area contributed by atoms with Crippen LogP contribution in [-0.2, 0) is 6.54 Å². The molecule has 2 aliphatic rings. The monoisotopic (exact) mass is 340 g/mol. The molecule has 1 aliphatic heterocycles. The zero-order valence-electron chi connectivity index (χ0n) is 14.4. The van der Waals surface area contributed by atoms with Crippen LogP contribution in [0.25, 0.3) is 0 Å². The molecule has 0 radical (unpaired) electrons. The fraction of sp³-hybridized carbons (Fsp3) is 0.611. The van der Waals surface area contributed by atoms with Crippen LogP contribution in [0.15, 0.2) is 24.7 Å². The standard InChI is InChI=1S/C18H24N6O/c25-18(16-7-8-19-20-10-16)23-9-3-4-14(11-23)12-24-13-17(21-22-24)15-5-1-2-6-15/h7-8,10,13-15H,1-6,9,11-12H2/t14-/m1/s1. The van der Waals surface area contributed by atoms with E-state index in [2.05, 4.69) is 26.7 Å². The lowest BCUT2D eigenvalue weighted by Gasteiger charge is -2.32. The van der Waals surface area contributed by atoms with Crippen molar-refractivity contribution in [2.45, 2.75) is 51.0 Å². The summed E-state index contributed by atoms with van der Waals surface area (Å²) < 4.78 is 1.97. The van der Waals surface area contributed by atoms with Gasteiger partial charge in [0.15, 0.2) is 0 Å². The zero-order chi connectivity index (χ0) is 17.1. The topological polar surface area (TPSA) is 76.8 Å². The summed E-state index contributed by atoms with van der Waals surface area (Å²) in [6, 6.07) is 1.73. The van der Waals surface area contributed by atoms with E-state index in [0.29, 0.717) is 17.4 Å². The number of amides is 1. The van der Waals surface area contributed by atoms with Gasteiger partial charge in [0.25, 0.3) is 5.91 Å². The van der Waals surface area contributed by atoms with Gasteiger partial charge in [-0.25, -0.2) is 0 Å². The average Bonchev–Trinajstić information content (AvgIpc) is 3.34. The molecule has 25 heavy (non-hydrogen) atoms. The van der Waals surface area contributed by atoms with Crippen LogP contribution < -0.4 is 0 Å². The lowest BCUT2D eigenvalue weighted by molar-refractivity contribution is 0.0658. The van der Waals surface area contributed by atoms with Crippen molar-refractivity contribution in [3.63, 3.8) is 0 Å². The number of hydrogen-bond acceptors (Lipinski definition) is 5. The van der Waals surface area contributed by atoms with Crippen molar-refractivity contribution in [3.8, 4) is 0 Å². The minimum absolute atomic E-state index is 0.0461. The second-order valence-electron chi connectivity index (χ2n) is 7.24. The van der Waals surface area contributed by atoms with Crippen LogP contribution in [0.1, 0.15) is 60.5 Å². The molecule has 2 aromatic rings. The SMILES string of the molecule is O=C(c1ccnnc1)N1CCC[C@@H](Cn2cc(C3CCCC3)nn2)C1. The lowest BCUT2D eigenvalue weighted by atomic mass is 9.97. The Kier molecular flexibility index (Phi) is 4.72. The molecule has 2 fully saturated rings. The summed E-state index contributed by atoms with van der Waals surface area (Å²) in [6.07, 6.45) is 12.5. The molecule has 1 amide bonds. The van der Waals surface area contributed by atoms with E-state index in [9.17, 15) is 4.79 Å². The molecule has 7 heteroatoms. The summed E-state index contributed by atoms with van der Waals surface area (Å²) in [5, 5.41) is 16.3. The Hall–Kier alpha value is -2.31. The summed E-state index contributed by atoms with van der Waals surface area (Å²) in [7, 11) is 0. The fourth-order valence-corrected chi connectivity index (χ4v) is 4.07. The third-order valence-electron chi connectivity index (χ3n) is 5.41. The molecule has 0 unspecified atom stereocenters. The van der Waals surface area contributed by atoms with Crippen LogP contribution in [0, 0.1) is 5.92 Å². The number of aromatic nitrogens is 5. The molecule has 3 heterocycles. The molecule has 2 aromatic heterocycles. The molecule has 1 saturated heterocycles. The number of piperidine rings is 1. The Morgan fingerprint density at radius 1 is 1.16 bits per heavy atom. The highest BCUT2D eigenvalue weighted by Gasteiger charge is 2.26. The van der Waals surface area contributed by atoms with Gasteiger partial charge in [0, 0.05) is 31.7 Å². The van der Waals surface area contributed by atoms with Gasteiger partial charge >= 0.3 is 0 Å². The molecule has 4 rings (SSSR count). The molecule has 1 atom stereocenters. The predicted octanol–water partition coefficient (Wildman–Crippen LogP) is 2.28. The first-order valence-electron chi connectivity index (χ1n) is 9.25. The van der Waals surface area contributed by atoms with Crippen LogP contribution >= 0.6 is 0 Å². The molecule has 132 valence electrons. The molecule has 0 aromatic carbocycles. The van der Waals surface area contributed by atoms with Crippen molar-refractivity contribution < 1.29 is 4.79 Å². The number of rotatable bonds is 4. The maximum atomic E-state index is 12.6. The molecule has 0 spiro atoms. The Bertz CT molecular complexity index is 709. The highest BCUT2D eigenvalue weighted by atomic mass is 16.2. The molecule has 1 aliphatic carbocycles. The van der Waals surface area contributed by atoms with Crippen molar-refractivity contribution in [2.24, 2.45) is 5.92 Å². The predicted molar refractivity (Wildman–Crippen MR) is 91.9 cm³/mol. The number of hydrogen-bond donors (Lipinski definition) is 0. The van der Waals surface area contributed by atoms with Crippen LogP contribution in [0.4, 0.5) is 0 Å². The summed E-state index contributed by atoms with van der Waals surface area (Å²) >= 11 is 0. The van der Waals surface area contributed by atoms with Crippen molar-refractivity contribution in [1.29, 1.82) is 0 Å². The Labute approximate surface area is 147 Å². The Balaban J connectivity index is 1.37. The summed E-state index contributed by atoms with van der Waals surface area (Å²) in [5.41, 5.74) is 1.75. The number of likely N-dealkylation sites (tertiary alicyclic amines) is 1. The summed E-state index contributed by atoms with van der Waals surface area (Å²) in [5.74, 6) is 1.06. The number of nitrogens with zero attached hydrogens (tertiary/aromatic N) is 6. The fourth-order valence-electron chi connectivity index (χ4n) is 4.07. The highest BCUT2D eigenvalue weighted by molar-refractivity contribution is 5.93. The van der Waals surface area contributed by atoms with E-state index in [1.54, 1.807) is 12.3 Å². The van der Waals surface area contributed by atoms with Crippen LogP contribution in [0.2, 0.25) is 0 Å². The zero-order valence-corrected chi connectivity index (χ0v) is 14.4. The van der Waals surface area contributed by atoms with Crippen molar-refractivity contribution >= 4 is 5.91 Å². The molecule has 7 nitrogen and oxygen atoms in total. The average molecular weight is 340 g/mol. The first kappa shape index (κ1) is 16.2. The molecule has 0 bridgehead atoms. The van der Waals surface area contributed by atoms with Crippen LogP contribution in [-0.4, -0.2) is 49.1 Å². The quantitative estimate of drug-likeness (QED) is 0.853. The maximum Gasteiger partial charge on any atom is 0.255 e. The summed E-state index contributed by atoms with van der Waals surface area (Å²) in [4.78, 5) is 14.5. The third kappa shape index (κ3) is 3.70. The van der Waals surface area contributed by atoms with Crippen molar-refractivity contribution in [3.05, 3.63) is 35.9 Å². The smallest absolute Gasteiger partial charge is 0.255 e. The molecular weight excluding hydrogens is 316 g/mol. The first-order chi connectivity index (χ1) is 12.3. The third-order valence-corrected chi connectivity index (χ3v) is 5.41. The molecular formula is C18H24N6O. The van der Waals surface area contributed by atoms with Crippen LogP contribution in [0.3, 0.4) is 0 Å². The van der Waals surface area contributed by atoms with E-state index in [-0.39, 0.29) is 5.91 Å².